The second kappa shape index (κ2) is 7.99. The summed E-state index contributed by atoms with van der Waals surface area (Å²) in [6.07, 6.45) is -0.619. The fourth-order valence-corrected chi connectivity index (χ4v) is 2.47. The molecule has 2 N–H and O–H groups in total. The summed E-state index contributed by atoms with van der Waals surface area (Å²) >= 11 is 0. The zero-order chi connectivity index (χ0) is 19.4. The van der Waals surface area contributed by atoms with E-state index in [2.05, 4.69) is 20.5 Å². The lowest BCUT2D eigenvalue weighted by atomic mass is 10.00. The molecule has 0 bridgehead atoms. The van der Waals surface area contributed by atoms with Crippen molar-refractivity contribution in [3.8, 4) is 11.3 Å². The first-order valence-electron chi connectivity index (χ1n) is 8.41. The van der Waals surface area contributed by atoms with Crippen LogP contribution in [0.2, 0.25) is 0 Å². The minimum atomic E-state index is -4.37. The fraction of sp³-hybridized carbons (Fsp3) is 0.500. The third-order valence-corrected chi connectivity index (χ3v) is 3.87. The molecule has 5 nitrogen and oxygen atoms in total. The molecular weight excluding hydrogens is 345 g/mol. The SMILES string of the molecule is C[C@H](CCCC(C)(C)O)Nc1nncc(-c2ccc(C(F)(F)F)cc2)n1. The van der Waals surface area contributed by atoms with Crippen molar-refractivity contribution >= 4 is 5.95 Å². The van der Waals surface area contributed by atoms with Crippen LogP contribution in [-0.4, -0.2) is 31.9 Å². The predicted molar refractivity (Wildman–Crippen MR) is 93.5 cm³/mol. The number of halogens is 3. The van der Waals surface area contributed by atoms with Crippen LogP contribution in [0.5, 0.6) is 0 Å². The molecule has 0 spiro atoms. The average molecular weight is 368 g/mol. The van der Waals surface area contributed by atoms with Crippen molar-refractivity contribution < 1.29 is 18.3 Å². The maximum absolute atomic E-state index is 12.6. The third-order valence-electron chi connectivity index (χ3n) is 3.87. The number of alkyl halides is 3. The smallest absolute Gasteiger partial charge is 0.390 e. The molecule has 2 aromatic rings. The van der Waals surface area contributed by atoms with Crippen molar-refractivity contribution in [1.82, 2.24) is 15.2 Å². The largest absolute Gasteiger partial charge is 0.416 e. The number of benzene rings is 1. The summed E-state index contributed by atoms with van der Waals surface area (Å²) in [4.78, 5) is 4.32. The van der Waals surface area contributed by atoms with Crippen molar-refractivity contribution in [3.63, 3.8) is 0 Å². The lowest BCUT2D eigenvalue weighted by molar-refractivity contribution is -0.137. The number of anilines is 1. The molecule has 2 rings (SSSR count). The van der Waals surface area contributed by atoms with Crippen LogP contribution in [0.3, 0.4) is 0 Å². The van der Waals surface area contributed by atoms with Crippen LogP contribution < -0.4 is 5.32 Å². The van der Waals surface area contributed by atoms with E-state index in [1.165, 1.54) is 18.3 Å². The van der Waals surface area contributed by atoms with E-state index in [1.54, 1.807) is 13.8 Å². The molecule has 26 heavy (non-hydrogen) atoms. The molecule has 0 aliphatic heterocycles. The van der Waals surface area contributed by atoms with E-state index in [1.807, 2.05) is 6.92 Å². The maximum Gasteiger partial charge on any atom is 0.416 e. The van der Waals surface area contributed by atoms with Crippen LogP contribution in [-0.2, 0) is 6.18 Å². The van der Waals surface area contributed by atoms with Crippen molar-refractivity contribution in [2.45, 2.75) is 57.9 Å². The Kier molecular flexibility index (Phi) is 6.17. The van der Waals surface area contributed by atoms with Gasteiger partial charge in [-0.3, -0.25) is 0 Å². The summed E-state index contributed by atoms with van der Waals surface area (Å²) in [5, 5.41) is 20.6. The third kappa shape index (κ3) is 6.25. The first-order valence-corrected chi connectivity index (χ1v) is 8.41. The van der Waals surface area contributed by atoms with Gasteiger partial charge in [-0.25, -0.2) is 4.98 Å². The van der Waals surface area contributed by atoms with E-state index >= 15 is 0 Å². The van der Waals surface area contributed by atoms with E-state index in [9.17, 15) is 18.3 Å². The first kappa shape index (κ1) is 20.1. The Balaban J connectivity index is 2.01. The molecule has 1 atom stereocenters. The summed E-state index contributed by atoms with van der Waals surface area (Å²) in [5.74, 6) is 0.318. The number of aromatic nitrogens is 3. The highest BCUT2D eigenvalue weighted by Gasteiger charge is 2.30. The Bertz CT molecular complexity index is 712. The molecular formula is C18H23F3N4O. The molecule has 8 heteroatoms. The Hall–Kier alpha value is -2.22. The van der Waals surface area contributed by atoms with Crippen LogP contribution in [0.4, 0.5) is 19.1 Å². The molecule has 1 aromatic carbocycles. The van der Waals surface area contributed by atoms with Gasteiger partial charge in [0.25, 0.3) is 0 Å². The number of hydrogen-bond acceptors (Lipinski definition) is 5. The van der Waals surface area contributed by atoms with Gasteiger partial charge in [0.1, 0.15) is 0 Å². The van der Waals surface area contributed by atoms with Gasteiger partial charge in [0, 0.05) is 11.6 Å². The molecule has 0 unspecified atom stereocenters. The van der Waals surface area contributed by atoms with Crippen LogP contribution >= 0.6 is 0 Å². The van der Waals surface area contributed by atoms with Gasteiger partial charge in [-0.1, -0.05) is 12.1 Å². The number of nitrogens with one attached hydrogen (secondary N) is 1. The van der Waals surface area contributed by atoms with Gasteiger partial charge >= 0.3 is 6.18 Å². The quantitative estimate of drug-likeness (QED) is 0.762. The summed E-state index contributed by atoms with van der Waals surface area (Å²) in [6.45, 7) is 5.51. The van der Waals surface area contributed by atoms with Gasteiger partial charge in [-0.05, 0) is 52.2 Å². The minimum Gasteiger partial charge on any atom is -0.390 e. The fourth-order valence-electron chi connectivity index (χ4n) is 2.47. The minimum absolute atomic E-state index is 0.0713. The Morgan fingerprint density at radius 2 is 1.81 bits per heavy atom. The molecule has 0 aliphatic rings. The molecule has 0 fully saturated rings. The van der Waals surface area contributed by atoms with E-state index in [0.717, 1.165) is 25.0 Å². The van der Waals surface area contributed by atoms with Gasteiger partial charge in [-0.15, -0.1) is 5.10 Å². The normalized spacial score (nSPS) is 13.5. The number of rotatable bonds is 7. The standard InChI is InChI=1S/C18H23F3N4O/c1-12(5-4-10-17(2,3)26)23-16-24-15(11-22-25-16)13-6-8-14(9-7-13)18(19,20)21/h6-9,11-12,26H,4-5,10H2,1-3H3,(H,23,24,25)/t12-/m1/s1. The molecule has 0 saturated carbocycles. The van der Waals surface area contributed by atoms with Crippen LogP contribution in [0.1, 0.15) is 45.6 Å². The van der Waals surface area contributed by atoms with Gasteiger partial charge in [0.2, 0.25) is 5.95 Å². The van der Waals surface area contributed by atoms with Gasteiger partial charge in [0.15, 0.2) is 0 Å². The number of aliphatic hydroxyl groups is 1. The molecule has 0 saturated heterocycles. The molecule has 142 valence electrons. The highest BCUT2D eigenvalue weighted by atomic mass is 19.4. The second-order valence-corrected chi connectivity index (χ2v) is 6.99. The second-order valence-electron chi connectivity index (χ2n) is 6.99. The first-order chi connectivity index (χ1) is 12.0. The maximum atomic E-state index is 12.6. The molecule has 0 radical (unpaired) electrons. The zero-order valence-corrected chi connectivity index (χ0v) is 15.0. The molecule has 0 amide bonds. The predicted octanol–water partition coefficient (Wildman–Crippen LogP) is 4.30. The van der Waals surface area contributed by atoms with Crippen LogP contribution in [0.15, 0.2) is 30.5 Å². The van der Waals surface area contributed by atoms with Crippen molar-refractivity contribution in [2.75, 3.05) is 5.32 Å². The van der Waals surface area contributed by atoms with Crippen LogP contribution in [0, 0.1) is 0 Å². The summed E-state index contributed by atoms with van der Waals surface area (Å²) in [5.41, 5.74) is -0.423. The lowest BCUT2D eigenvalue weighted by Gasteiger charge is -2.19. The van der Waals surface area contributed by atoms with Crippen LogP contribution in [0.25, 0.3) is 11.3 Å². The highest BCUT2D eigenvalue weighted by Crippen LogP contribution is 2.30. The summed E-state index contributed by atoms with van der Waals surface area (Å²) in [7, 11) is 0. The van der Waals surface area contributed by atoms with Gasteiger partial charge in [-0.2, -0.15) is 18.3 Å². The molecule has 1 aromatic heterocycles. The Labute approximate surface area is 150 Å². The zero-order valence-electron chi connectivity index (χ0n) is 15.0. The van der Waals surface area contributed by atoms with Crippen molar-refractivity contribution in [3.05, 3.63) is 36.0 Å². The highest BCUT2D eigenvalue weighted by molar-refractivity contribution is 5.59. The average Bonchev–Trinajstić information content (AvgIpc) is 2.53. The van der Waals surface area contributed by atoms with E-state index in [-0.39, 0.29) is 6.04 Å². The van der Waals surface area contributed by atoms with Crippen molar-refractivity contribution in [2.24, 2.45) is 0 Å². The topological polar surface area (TPSA) is 70.9 Å². The number of nitrogens with zero attached hydrogens (tertiary/aromatic N) is 3. The van der Waals surface area contributed by atoms with E-state index < -0.39 is 17.3 Å². The van der Waals surface area contributed by atoms with Gasteiger partial charge in [0.05, 0.1) is 23.1 Å². The molecule has 1 heterocycles. The monoisotopic (exact) mass is 368 g/mol. The number of hydrogen-bond donors (Lipinski definition) is 2. The lowest BCUT2D eigenvalue weighted by Crippen LogP contribution is -2.21. The van der Waals surface area contributed by atoms with E-state index in [0.29, 0.717) is 23.6 Å². The Morgan fingerprint density at radius 3 is 2.38 bits per heavy atom. The Morgan fingerprint density at radius 1 is 1.15 bits per heavy atom. The molecule has 0 aliphatic carbocycles. The van der Waals surface area contributed by atoms with Gasteiger partial charge < -0.3 is 10.4 Å². The summed E-state index contributed by atoms with van der Waals surface area (Å²) in [6, 6.07) is 4.84. The van der Waals surface area contributed by atoms with Crippen molar-refractivity contribution in [1.29, 1.82) is 0 Å². The van der Waals surface area contributed by atoms with E-state index in [4.69, 9.17) is 0 Å². The summed E-state index contributed by atoms with van der Waals surface area (Å²) < 4.78 is 37.9.